The number of ketones is 1. The Hall–Kier alpha value is -1.45. The van der Waals surface area contributed by atoms with Gasteiger partial charge in [0.15, 0.2) is 5.78 Å². The highest BCUT2D eigenvalue weighted by atomic mass is 16.3. The Morgan fingerprint density at radius 1 is 1.23 bits per heavy atom. The van der Waals surface area contributed by atoms with Gasteiger partial charge in [-0.2, -0.15) is 0 Å². The number of fused-ring (bicyclic) bond motifs is 1. The molecule has 0 aromatic rings. The highest BCUT2D eigenvalue weighted by Crippen LogP contribution is 2.59. The van der Waals surface area contributed by atoms with E-state index in [9.17, 15) is 15.0 Å². The summed E-state index contributed by atoms with van der Waals surface area (Å²) in [6.07, 6.45) is 16.4. The van der Waals surface area contributed by atoms with E-state index in [0.717, 1.165) is 25.7 Å². The zero-order valence-corrected chi connectivity index (χ0v) is 19.3. The normalized spacial score (nSPS) is 36.5. The van der Waals surface area contributed by atoms with Gasteiger partial charge in [0.2, 0.25) is 0 Å². The first-order valence-electron chi connectivity index (χ1n) is 11.7. The van der Waals surface area contributed by atoms with Crippen molar-refractivity contribution >= 4 is 5.78 Å². The molecule has 3 aliphatic carbocycles. The highest BCUT2D eigenvalue weighted by Gasteiger charge is 2.50. The van der Waals surface area contributed by atoms with Crippen molar-refractivity contribution in [1.29, 1.82) is 0 Å². The van der Waals surface area contributed by atoms with Gasteiger partial charge in [0.1, 0.15) is 5.60 Å². The SMILES string of the molecule is C=C1CC[C@H](O)C/C1=C/C=C1\CCC[C@]2(C)[C@@H]([C@H](C)/C=C/C(=O)C(C)(C)O)CC[C@@H]12. The molecule has 3 heteroatoms. The molecule has 3 nitrogen and oxygen atoms in total. The molecule has 0 bridgehead atoms. The summed E-state index contributed by atoms with van der Waals surface area (Å²) in [6.45, 7) is 12.0. The van der Waals surface area contributed by atoms with Crippen molar-refractivity contribution < 1.29 is 15.0 Å². The van der Waals surface area contributed by atoms with E-state index in [1.807, 2.05) is 6.08 Å². The highest BCUT2D eigenvalue weighted by molar-refractivity contribution is 5.96. The van der Waals surface area contributed by atoms with Gasteiger partial charge >= 0.3 is 0 Å². The predicted octanol–water partition coefficient (Wildman–Crippen LogP) is 5.69. The molecule has 0 aliphatic heterocycles. The van der Waals surface area contributed by atoms with Crippen molar-refractivity contribution in [2.24, 2.45) is 23.2 Å². The zero-order chi connectivity index (χ0) is 22.1. The molecule has 0 spiro atoms. The van der Waals surface area contributed by atoms with E-state index in [0.29, 0.717) is 17.8 Å². The molecule has 3 fully saturated rings. The third-order valence-electron chi connectivity index (χ3n) is 8.01. The van der Waals surface area contributed by atoms with E-state index in [2.05, 4.69) is 32.6 Å². The fraction of sp³-hybridized carbons (Fsp3) is 0.667. The number of aliphatic hydroxyl groups excluding tert-OH is 1. The van der Waals surface area contributed by atoms with Crippen molar-refractivity contribution in [2.75, 3.05) is 0 Å². The van der Waals surface area contributed by atoms with Crippen LogP contribution in [0.2, 0.25) is 0 Å². The fourth-order valence-corrected chi connectivity index (χ4v) is 6.12. The van der Waals surface area contributed by atoms with Crippen LogP contribution in [0.4, 0.5) is 0 Å². The zero-order valence-electron chi connectivity index (χ0n) is 19.3. The minimum absolute atomic E-state index is 0.222. The summed E-state index contributed by atoms with van der Waals surface area (Å²) in [5.74, 6) is 1.24. The Morgan fingerprint density at radius 2 is 1.97 bits per heavy atom. The van der Waals surface area contributed by atoms with Crippen molar-refractivity contribution in [3.8, 4) is 0 Å². The lowest BCUT2D eigenvalue weighted by Crippen LogP contribution is -2.35. The third-order valence-corrected chi connectivity index (χ3v) is 8.01. The Kier molecular flexibility index (Phi) is 6.94. The van der Waals surface area contributed by atoms with E-state index in [1.165, 1.54) is 36.8 Å². The summed E-state index contributed by atoms with van der Waals surface area (Å²) in [5, 5.41) is 19.9. The molecule has 166 valence electrons. The van der Waals surface area contributed by atoms with Crippen LogP contribution in [-0.4, -0.2) is 27.7 Å². The fourth-order valence-electron chi connectivity index (χ4n) is 6.12. The Morgan fingerprint density at radius 3 is 2.67 bits per heavy atom. The van der Waals surface area contributed by atoms with Crippen LogP contribution in [0.3, 0.4) is 0 Å². The molecule has 5 atom stereocenters. The topological polar surface area (TPSA) is 57.5 Å². The Bertz CT molecular complexity index is 763. The number of allylic oxidation sites excluding steroid dienone is 5. The van der Waals surface area contributed by atoms with Crippen molar-refractivity contribution in [2.45, 2.75) is 90.8 Å². The number of hydrogen-bond acceptors (Lipinski definition) is 3. The van der Waals surface area contributed by atoms with Crippen molar-refractivity contribution in [1.82, 2.24) is 0 Å². The average molecular weight is 413 g/mol. The maximum absolute atomic E-state index is 12.1. The first-order valence-corrected chi connectivity index (χ1v) is 11.7. The van der Waals surface area contributed by atoms with E-state index in [1.54, 1.807) is 25.5 Å². The summed E-state index contributed by atoms with van der Waals surface area (Å²) in [5.41, 5.74) is 2.89. The van der Waals surface area contributed by atoms with Crippen LogP contribution in [0.25, 0.3) is 0 Å². The van der Waals surface area contributed by atoms with Crippen LogP contribution in [0.1, 0.15) is 79.1 Å². The minimum Gasteiger partial charge on any atom is -0.393 e. The van der Waals surface area contributed by atoms with Crippen LogP contribution in [-0.2, 0) is 4.79 Å². The summed E-state index contributed by atoms with van der Waals surface area (Å²) in [6, 6.07) is 0. The van der Waals surface area contributed by atoms with Gasteiger partial charge in [-0.15, -0.1) is 0 Å². The molecule has 0 aromatic heterocycles. The van der Waals surface area contributed by atoms with E-state index >= 15 is 0 Å². The molecule has 0 heterocycles. The molecule has 2 N–H and O–H groups in total. The number of hydrogen-bond donors (Lipinski definition) is 2. The standard InChI is InChI=1S/C27H40O3/c1-18-8-12-22(28)17-21(18)11-10-20-7-6-16-27(5)23(13-14-24(20)27)19(2)9-15-25(29)26(3,4)30/h9-11,15,19,22-24,28,30H,1,6-8,12-14,16-17H2,2-5H3/b15-9+,20-10+,21-11-/t19-,22+,23-,24+,27-/m1/s1. The molecule has 0 unspecified atom stereocenters. The lowest BCUT2D eigenvalue weighted by atomic mass is 9.61. The second kappa shape index (κ2) is 8.96. The molecule has 30 heavy (non-hydrogen) atoms. The molecule has 3 rings (SSSR count). The number of carbonyl (C=O) groups excluding carboxylic acids is 1. The minimum atomic E-state index is -1.30. The van der Waals surface area contributed by atoms with Gasteiger partial charge in [-0.05, 0) is 100 Å². The maximum atomic E-state index is 12.1. The quantitative estimate of drug-likeness (QED) is 0.570. The molecule has 0 saturated heterocycles. The predicted molar refractivity (Wildman–Crippen MR) is 123 cm³/mol. The number of aliphatic hydroxyl groups is 2. The summed E-state index contributed by atoms with van der Waals surface area (Å²) in [4.78, 5) is 12.1. The average Bonchev–Trinajstić information content (AvgIpc) is 3.03. The van der Waals surface area contributed by atoms with Gasteiger partial charge in [-0.3, -0.25) is 4.79 Å². The second-order valence-corrected chi connectivity index (χ2v) is 10.7. The number of carbonyl (C=O) groups is 1. The lowest BCUT2D eigenvalue weighted by molar-refractivity contribution is -0.128. The summed E-state index contributed by atoms with van der Waals surface area (Å²) < 4.78 is 0. The van der Waals surface area contributed by atoms with Crippen LogP contribution in [0, 0.1) is 23.2 Å². The van der Waals surface area contributed by atoms with E-state index in [4.69, 9.17) is 0 Å². The smallest absolute Gasteiger partial charge is 0.186 e. The second-order valence-electron chi connectivity index (χ2n) is 10.7. The monoisotopic (exact) mass is 412 g/mol. The first-order chi connectivity index (χ1) is 14.0. The van der Waals surface area contributed by atoms with Gasteiger partial charge < -0.3 is 10.2 Å². The molecular weight excluding hydrogens is 372 g/mol. The summed E-state index contributed by atoms with van der Waals surface area (Å²) >= 11 is 0. The van der Waals surface area contributed by atoms with E-state index < -0.39 is 5.60 Å². The van der Waals surface area contributed by atoms with Gasteiger partial charge in [0.25, 0.3) is 0 Å². The first kappa shape index (κ1) is 23.2. The van der Waals surface area contributed by atoms with Gasteiger partial charge in [0, 0.05) is 0 Å². The van der Waals surface area contributed by atoms with Gasteiger partial charge in [-0.1, -0.05) is 49.8 Å². The molecule has 0 amide bonds. The van der Waals surface area contributed by atoms with Crippen molar-refractivity contribution in [3.05, 3.63) is 47.6 Å². The summed E-state index contributed by atoms with van der Waals surface area (Å²) in [7, 11) is 0. The third kappa shape index (κ3) is 4.89. The molecule has 3 aliphatic rings. The molecular formula is C27H40O3. The maximum Gasteiger partial charge on any atom is 0.186 e. The molecule has 3 saturated carbocycles. The number of rotatable bonds is 5. The van der Waals surface area contributed by atoms with Crippen LogP contribution in [0.15, 0.2) is 47.6 Å². The molecule has 0 radical (unpaired) electrons. The lowest BCUT2D eigenvalue weighted by Gasteiger charge is -2.44. The van der Waals surface area contributed by atoms with Crippen molar-refractivity contribution in [3.63, 3.8) is 0 Å². The largest absolute Gasteiger partial charge is 0.393 e. The Balaban J connectivity index is 1.76. The van der Waals surface area contributed by atoms with Gasteiger partial charge in [0.05, 0.1) is 6.10 Å². The molecule has 0 aromatic carbocycles. The van der Waals surface area contributed by atoms with Gasteiger partial charge in [-0.25, -0.2) is 0 Å². The van der Waals surface area contributed by atoms with Crippen LogP contribution < -0.4 is 0 Å². The Labute approximate surface area is 182 Å². The van der Waals surface area contributed by atoms with Crippen LogP contribution in [0.5, 0.6) is 0 Å². The van der Waals surface area contributed by atoms with Crippen LogP contribution >= 0.6 is 0 Å². The van der Waals surface area contributed by atoms with E-state index in [-0.39, 0.29) is 17.3 Å².